The molecule has 33 heavy (non-hydrogen) atoms. The van der Waals surface area contributed by atoms with Crippen molar-refractivity contribution in [3.8, 4) is 0 Å². The summed E-state index contributed by atoms with van der Waals surface area (Å²) in [6, 6.07) is 6.81. The predicted molar refractivity (Wildman–Crippen MR) is 128 cm³/mol. The van der Waals surface area contributed by atoms with Gasteiger partial charge in [0.1, 0.15) is 0 Å². The van der Waals surface area contributed by atoms with Gasteiger partial charge in [-0.3, -0.25) is 14.4 Å². The molecule has 2 aromatic rings. The van der Waals surface area contributed by atoms with Gasteiger partial charge in [0.2, 0.25) is 32.9 Å². The maximum atomic E-state index is 12.5. The molecular formula is C19H24N6O5S3. The molecule has 0 saturated carbocycles. The molecule has 3 rings (SSSR count). The van der Waals surface area contributed by atoms with Crippen LogP contribution >= 0.6 is 23.1 Å². The van der Waals surface area contributed by atoms with Gasteiger partial charge in [-0.2, -0.15) is 0 Å². The molecule has 2 heterocycles. The van der Waals surface area contributed by atoms with Crippen molar-refractivity contribution in [2.24, 2.45) is 5.92 Å². The Hall–Kier alpha value is -2.55. The van der Waals surface area contributed by atoms with E-state index in [1.807, 2.05) is 0 Å². The number of anilines is 3. The largest absolute Gasteiger partial charge is 0.326 e. The van der Waals surface area contributed by atoms with Crippen molar-refractivity contribution in [3.05, 3.63) is 24.3 Å². The van der Waals surface area contributed by atoms with Gasteiger partial charge in [0, 0.05) is 37.3 Å². The molecule has 0 bridgehead atoms. The average molecular weight is 513 g/mol. The van der Waals surface area contributed by atoms with Crippen LogP contribution in [0.4, 0.5) is 16.5 Å². The van der Waals surface area contributed by atoms with Crippen molar-refractivity contribution in [2.75, 3.05) is 41.0 Å². The smallest absolute Gasteiger partial charge is 0.234 e. The lowest BCUT2D eigenvalue weighted by atomic mass is 9.97. The van der Waals surface area contributed by atoms with E-state index >= 15 is 0 Å². The highest BCUT2D eigenvalue weighted by Crippen LogP contribution is 2.27. The van der Waals surface area contributed by atoms with Gasteiger partial charge in [0.15, 0.2) is 4.34 Å². The van der Waals surface area contributed by atoms with E-state index in [0.29, 0.717) is 46.8 Å². The van der Waals surface area contributed by atoms with Crippen LogP contribution < -0.4 is 16.0 Å². The fourth-order valence-electron chi connectivity index (χ4n) is 3.18. The minimum Gasteiger partial charge on any atom is -0.326 e. The molecule has 1 saturated heterocycles. The van der Waals surface area contributed by atoms with Crippen LogP contribution in [-0.4, -0.2) is 65.7 Å². The lowest BCUT2D eigenvalue weighted by molar-refractivity contribution is -0.121. The normalized spacial score (nSPS) is 15.1. The Morgan fingerprint density at radius 1 is 1.12 bits per heavy atom. The van der Waals surface area contributed by atoms with Gasteiger partial charge < -0.3 is 16.0 Å². The van der Waals surface area contributed by atoms with E-state index in [9.17, 15) is 22.8 Å². The number of hydrogen-bond donors (Lipinski definition) is 3. The summed E-state index contributed by atoms with van der Waals surface area (Å²) < 4.78 is 25.1. The molecule has 0 atom stereocenters. The van der Waals surface area contributed by atoms with Crippen LogP contribution in [0, 0.1) is 5.92 Å². The summed E-state index contributed by atoms with van der Waals surface area (Å²) >= 11 is 2.35. The van der Waals surface area contributed by atoms with Crippen molar-refractivity contribution in [1.82, 2.24) is 14.5 Å². The predicted octanol–water partition coefficient (Wildman–Crippen LogP) is 1.84. The number of benzene rings is 1. The minimum atomic E-state index is -3.24. The van der Waals surface area contributed by atoms with Crippen LogP contribution in [0.1, 0.15) is 19.8 Å². The van der Waals surface area contributed by atoms with E-state index in [4.69, 9.17) is 0 Å². The van der Waals surface area contributed by atoms with Crippen LogP contribution in [0.5, 0.6) is 0 Å². The van der Waals surface area contributed by atoms with E-state index in [2.05, 4.69) is 26.1 Å². The molecule has 1 aromatic carbocycles. The summed E-state index contributed by atoms with van der Waals surface area (Å²) in [5, 5.41) is 16.4. The molecule has 3 N–H and O–H groups in total. The second-order valence-electron chi connectivity index (χ2n) is 7.40. The SMILES string of the molecule is CC(=O)Nc1cccc(NC(=O)CSc2nnc(NC(=O)C3CCN(S(C)(=O)=O)CC3)s2)c1. The highest BCUT2D eigenvalue weighted by molar-refractivity contribution is 8.01. The molecule has 0 radical (unpaired) electrons. The zero-order valence-corrected chi connectivity index (χ0v) is 20.5. The molecule has 1 fully saturated rings. The summed E-state index contributed by atoms with van der Waals surface area (Å²) in [6.45, 7) is 2.04. The molecule has 178 valence electrons. The fraction of sp³-hybridized carbons (Fsp3) is 0.421. The second kappa shape index (κ2) is 11.0. The number of nitrogens with one attached hydrogen (secondary N) is 3. The van der Waals surface area contributed by atoms with E-state index in [1.54, 1.807) is 24.3 Å². The second-order valence-corrected chi connectivity index (χ2v) is 11.6. The number of hydrogen-bond acceptors (Lipinski definition) is 9. The van der Waals surface area contributed by atoms with Crippen LogP contribution in [0.15, 0.2) is 28.6 Å². The summed E-state index contributed by atoms with van der Waals surface area (Å²) in [6.07, 6.45) is 2.06. The van der Waals surface area contributed by atoms with Crippen molar-refractivity contribution in [2.45, 2.75) is 24.1 Å². The lowest BCUT2D eigenvalue weighted by Gasteiger charge is -2.29. The maximum Gasteiger partial charge on any atom is 0.234 e. The molecule has 11 nitrogen and oxygen atoms in total. The first kappa shape index (κ1) is 25.1. The van der Waals surface area contributed by atoms with Gasteiger partial charge in [-0.25, -0.2) is 12.7 Å². The van der Waals surface area contributed by atoms with E-state index in [1.165, 1.54) is 23.0 Å². The quantitative estimate of drug-likeness (QED) is 0.358. The van der Waals surface area contributed by atoms with Crippen LogP contribution in [0.25, 0.3) is 0 Å². The number of carbonyl (C=O) groups is 3. The van der Waals surface area contributed by atoms with Gasteiger partial charge in [-0.05, 0) is 31.0 Å². The first-order valence-electron chi connectivity index (χ1n) is 10.00. The average Bonchev–Trinajstić information content (AvgIpc) is 3.19. The van der Waals surface area contributed by atoms with Gasteiger partial charge in [-0.15, -0.1) is 10.2 Å². The Balaban J connectivity index is 1.45. The number of sulfonamides is 1. The number of carbonyl (C=O) groups excluding carboxylic acids is 3. The third-order valence-corrected chi connectivity index (χ3v) is 8.00. The van der Waals surface area contributed by atoms with Crippen molar-refractivity contribution >= 4 is 67.3 Å². The first-order valence-corrected chi connectivity index (χ1v) is 13.6. The number of thioether (sulfide) groups is 1. The third kappa shape index (κ3) is 7.77. The van der Waals surface area contributed by atoms with Crippen LogP contribution in [0.3, 0.4) is 0 Å². The van der Waals surface area contributed by atoms with E-state index < -0.39 is 10.0 Å². The molecule has 0 unspecified atom stereocenters. The van der Waals surface area contributed by atoms with Gasteiger partial charge in [0.25, 0.3) is 0 Å². The van der Waals surface area contributed by atoms with Gasteiger partial charge in [0.05, 0.1) is 12.0 Å². The zero-order chi connectivity index (χ0) is 24.0. The van der Waals surface area contributed by atoms with Crippen LogP contribution in [0.2, 0.25) is 0 Å². The van der Waals surface area contributed by atoms with E-state index in [-0.39, 0.29) is 29.4 Å². The summed E-state index contributed by atoms with van der Waals surface area (Å²) in [7, 11) is -3.24. The Morgan fingerprint density at radius 2 is 1.79 bits per heavy atom. The van der Waals surface area contributed by atoms with E-state index in [0.717, 1.165) is 17.6 Å². The molecule has 14 heteroatoms. The molecule has 3 amide bonds. The Morgan fingerprint density at radius 3 is 2.42 bits per heavy atom. The molecule has 1 aromatic heterocycles. The fourth-order valence-corrected chi connectivity index (χ4v) is 5.61. The molecule has 0 aliphatic carbocycles. The van der Waals surface area contributed by atoms with Gasteiger partial charge >= 0.3 is 0 Å². The molecule has 1 aliphatic rings. The number of rotatable bonds is 8. The third-order valence-electron chi connectivity index (χ3n) is 4.72. The van der Waals surface area contributed by atoms with Crippen molar-refractivity contribution in [3.63, 3.8) is 0 Å². The molecular weight excluding hydrogens is 488 g/mol. The molecule has 0 spiro atoms. The number of aromatic nitrogens is 2. The maximum absolute atomic E-state index is 12.5. The van der Waals surface area contributed by atoms with Crippen molar-refractivity contribution in [1.29, 1.82) is 0 Å². The van der Waals surface area contributed by atoms with Crippen molar-refractivity contribution < 1.29 is 22.8 Å². The lowest BCUT2D eigenvalue weighted by Crippen LogP contribution is -2.40. The first-order chi connectivity index (χ1) is 15.6. The standard InChI is InChI=1S/C19H24N6O5S3/c1-12(26)20-14-4-3-5-15(10-14)21-16(27)11-31-19-24-23-18(32-19)22-17(28)13-6-8-25(9-7-13)33(2,29)30/h3-5,10,13H,6-9,11H2,1-2H3,(H,20,26)(H,21,27)(H,22,23,28). The Labute approximate surface area is 199 Å². The monoisotopic (exact) mass is 512 g/mol. The Kier molecular flexibility index (Phi) is 8.40. The summed E-state index contributed by atoms with van der Waals surface area (Å²) in [4.78, 5) is 35.8. The summed E-state index contributed by atoms with van der Waals surface area (Å²) in [5.41, 5.74) is 1.14. The highest BCUT2D eigenvalue weighted by Gasteiger charge is 2.29. The summed E-state index contributed by atoms with van der Waals surface area (Å²) in [5.74, 6) is -0.864. The highest BCUT2D eigenvalue weighted by atomic mass is 32.2. The molecule has 1 aliphatic heterocycles. The number of piperidine rings is 1. The topological polar surface area (TPSA) is 150 Å². The zero-order valence-electron chi connectivity index (χ0n) is 18.0. The Bertz CT molecular complexity index is 1130. The minimum absolute atomic E-state index is 0.0941. The van der Waals surface area contributed by atoms with Crippen LogP contribution in [-0.2, 0) is 24.4 Å². The number of amides is 3. The van der Waals surface area contributed by atoms with Gasteiger partial charge in [-0.1, -0.05) is 29.2 Å². The number of nitrogens with zero attached hydrogens (tertiary/aromatic N) is 3.